The van der Waals surface area contributed by atoms with Crippen LogP contribution in [0, 0.1) is 5.82 Å². The lowest BCUT2D eigenvalue weighted by molar-refractivity contribution is 0.222. The molecule has 0 amide bonds. The van der Waals surface area contributed by atoms with Gasteiger partial charge in [-0.2, -0.15) is 0 Å². The molecule has 3 aromatic rings. The maximum atomic E-state index is 13.4. The molecule has 9 heteroatoms. The molecule has 0 saturated carbocycles. The summed E-state index contributed by atoms with van der Waals surface area (Å²) in [4.78, 5) is 12.0. The van der Waals surface area contributed by atoms with Gasteiger partial charge in [0.05, 0.1) is 17.6 Å². The van der Waals surface area contributed by atoms with Crippen LogP contribution >= 0.6 is 11.8 Å². The van der Waals surface area contributed by atoms with Gasteiger partial charge in [0.2, 0.25) is 5.95 Å². The fourth-order valence-electron chi connectivity index (χ4n) is 4.49. The van der Waals surface area contributed by atoms with E-state index in [-0.39, 0.29) is 11.3 Å². The average molecular weight is 485 g/mol. The Balaban J connectivity index is 0.00000274. The van der Waals surface area contributed by atoms with Crippen LogP contribution < -0.4 is 10.6 Å². The average Bonchev–Trinajstić information content (AvgIpc) is 3.19. The number of anilines is 1. The number of thioether (sulfide) groups is 1. The maximum absolute atomic E-state index is 13.4. The quantitative estimate of drug-likeness (QED) is 0.537. The number of para-hydroxylation sites is 2. The SMILES string of the molecule is Fc1ccc(Cn2c(NC3CCN(CCNC4=NCCCS4)CC3)nc3ccccc32)cc1.O. The molecule has 2 aliphatic rings. The number of piperidine rings is 1. The molecule has 2 aliphatic heterocycles. The number of amidine groups is 1. The van der Waals surface area contributed by atoms with E-state index in [9.17, 15) is 4.39 Å². The molecule has 0 radical (unpaired) electrons. The van der Waals surface area contributed by atoms with Crippen LogP contribution in [0.25, 0.3) is 11.0 Å². The lowest BCUT2D eigenvalue weighted by Gasteiger charge is -2.32. The van der Waals surface area contributed by atoms with Crippen molar-refractivity contribution in [3.63, 3.8) is 0 Å². The molecule has 2 aromatic carbocycles. The number of likely N-dealkylation sites (tertiary alicyclic amines) is 1. The predicted molar refractivity (Wildman–Crippen MR) is 139 cm³/mol. The highest BCUT2D eigenvalue weighted by Gasteiger charge is 2.21. The molecule has 34 heavy (non-hydrogen) atoms. The molecule has 1 saturated heterocycles. The Morgan fingerprint density at radius 3 is 2.62 bits per heavy atom. The molecule has 0 spiro atoms. The van der Waals surface area contributed by atoms with Gasteiger partial charge < -0.3 is 25.6 Å². The van der Waals surface area contributed by atoms with Gasteiger partial charge in [0.25, 0.3) is 0 Å². The van der Waals surface area contributed by atoms with Crippen LogP contribution in [0.4, 0.5) is 10.3 Å². The first-order valence-corrected chi connectivity index (χ1v) is 12.8. The fraction of sp³-hybridized carbons (Fsp3) is 0.440. The molecule has 7 nitrogen and oxygen atoms in total. The monoisotopic (exact) mass is 484 g/mol. The summed E-state index contributed by atoms with van der Waals surface area (Å²) in [5.41, 5.74) is 3.14. The van der Waals surface area contributed by atoms with Crippen LogP contribution in [-0.4, -0.2) is 69.6 Å². The number of benzene rings is 2. The van der Waals surface area contributed by atoms with E-state index in [1.54, 1.807) is 0 Å². The molecule has 0 aliphatic carbocycles. The van der Waals surface area contributed by atoms with E-state index < -0.39 is 0 Å². The molecule has 182 valence electrons. The molecule has 0 bridgehead atoms. The fourth-order valence-corrected chi connectivity index (χ4v) is 5.34. The van der Waals surface area contributed by atoms with Gasteiger partial charge in [0.15, 0.2) is 5.17 Å². The minimum absolute atomic E-state index is 0. The van der Waals surface area contributed by atoms with Crippen LogP contribution in [0.3, 0.4) is 0 Å². The van der Waals surface area contributed by atoms with Crippen LogP contribution in [0.5, 0.6) is 0 Å². The number of rotatable bonds is 7. The number of fused-ring (bicyclic) bond motifs is 1. The summed E-state index contributed by atoms with van der Waals surface area (Å²) in [6.45, 7) is 5.79. The second-order valence-electron chi connectivity index (χ2n) is 8.71. The third kappa shape index (κ3) is 6.08. The maximum Gasteiger partial charge on any atom is 0.204 e. The van der Waals surface area contributed by atoms with E-state index in [1.807, 2.05) is 42.1 Å². The molecule has 4 N–H and O–H groups in total. The zero-order chi connectivity index (χ0) is 22.5. The lowest BCUT2D eigenvalue weighted by atomic mass is 10.1. The number of nitrogens with zero attached hydrogens (tertiary/aromatic N) is 4. The third-order valence-electron chi connectivity index (χ3n) is 6.33. The summed E-state index contributed by atoms with van der Waals surface area (Å²) in [6.07, 6.45) is 3.37. The molecule has 0 unspecified atom stereocenters. The Labute approximate surface area is 204 Å². The van der Waals surface area contributed by atoms with Crippen LogP contribution in [-0.2, 0) is 6.54 Å². The summed E-state index contributed by atoms with van der Waals surface area (Å²) < 4.78 is 15.6. The van der Waals surface area contributed by atoms with Gasteiger partial charge in [-0.15, -0.1) is 0 Å². The van der Waals surface area contributed by atoms with Crippen molar-refractivity contribution in [1.29, 1.82) is 0 Å². The second-order valence-corrected chi connectivity index (χ2v) is 9.80. The number of aromatic nitrogens is 2. The molecule has 3 heterocycles. The number of hydrogen-bond donors (Lipinski definition) is 2. The van der Waals surface area contributed by atoms with E-state index in [0.717, 1.165) is 73.3 Å². The minimum atomic E-state index is -0.208. The molecular weight excluding hydrogens is 451 g/mol. The molecule has 5 rings (SSSR count). The van der Waals surface area contributed by atoms with E-state index in [0.29, 0.717) is 12.6 Å². The van der Waals surface area contributed by atoms with Crippen molar-refractivity contribution in [2.75, 3.05) is 43.8 Å². The van der Waals surface area contributed by atoms with Crippen LogP contribution in [0.1, 0.15) is 24.8 Å². The van der Waals surface area contributed by atoms with Gasteiger partial charge in [-0.1, -0.05) is 36.0 Å². The number of aliphatic imine (C=N–C) groups is 1. The molecule has 1 fully saturated rings. The van der Waals surface area contributed by atoms with Gasteiger partial charge in [0.1, 0.15) is 5.82 Å². The topological polar surface area (TPSA) is 89.0 Å². The van der Waals surface area contributed by atoms with Crippen LogP contribution in [0.2, 0.25) is 0 Å². The smallest absolute Gasteiger partial charge is 0.204 e. The number of halogens is 1. The van der Waals surface area contributed by atoms with Crippen molar-refractivity contribution in [2.45, 2.75) is 31.8 Å². The highest BCUT2D eigenvalue weighted by Crippen LogP contribution is 2.24. The van der Waals surface area contributed by atoms with Crippen LogP contribution in [0.15, 0.2) is 53.5 Å². The van der Waals surface area contributed by atoms with E-state index in [1.165, 1.54) is 24.3 Å². The van der Waals surface area contributed by atoms with Crippen molar-refractivity contribution < 1.29 is 9.87 Å². The molecular formula is C25H33FN6OS. The Morgan fingerprint density at radius 2 is 1.85 bits per heavy atom. The minimum Gasteiger partial charge on any atom is -0.412 e. The second kappa shape index (κ2) is 11.7. The highest BCUT2D eigenvalue weighted by molar-refractivity contribution is 8.13. The first-order chi connectivity index (χ1) is 16.2. The summed E-state index contributed by atoms with van der Waals surface area (Å²) in [7, 11) is 0. The number of imidazole rings is 1. The molecule has 0 atom stereocenters. The third-order valence-corrected chi connectivity index (χ3v) is 7.37. The van der Waals surface area contributed by atoms with E-state index in [2.05, 4.69) is 31.2 Å². The Morgan fingerprint density at radius 1 is 1.06 bits per heavy atom. The zero-order valence-electron chi connectivity index (χ0n) is 19.3. The molecule has 1 aromatic heterocycles. The Bertz CT molecular complexity index is 1090. The van der Waals surface area contributed by atoms with Gasteiger partial charge in [0, 0.05) is 44.5 Å². The Kier molecular flexibility index (Phi) is 8.42. The number of hydrogen-bond acceptors (Lipinski definition) is 6. The Hall–Kier alpha value is -2.62. The van der Waals surface area contributed by atoms with Crippen molar-refractivity contribution >= 4 is 33.9 Å². The summed E-state index contributed by atoms with van der Waals surface area (Å²) in [5, 5.41) is 8.31. The first kappa shape index (κ1) is 24.5. The van der Waals surface area contributed by atoms with Crippen molar-refractivity contribution in [1.82, 2.24) is 19.8 Å². The summed E-state index contributed by atoms with van der Waals surface area (Å²) in [6, 6.07) is 15.3. The van der Waals surface area contributed by atoms with Gasteiger partial charge in [-0.25, -0.2) is 9.37 Å². The predicted octanol–water partition coefficient (Wildman–Crippen LogP) is 3.36. The lowest BCUT2D eigenvalue weighted by Crippen LogP contribution is -2.42. The highest BCUT2D eigenvalue weighted by atomic mass is 32.2. The van der Waals surface area contributed by atoms with Crippen molar-refractivity contribution in [3.8, 4) is 0 Å². The van der Waals surface area contributed by atoms with Gasteiger partial charge >= 0.3 is 0 Å². The van der Waals surface area contributed by atoms with Crippen molar-refractivity contribution in [2.24, 2.45) is 4.99 Å². The zero-order valence-corrected chi connectivity index (χ0v) is 20.2. The van der Waals surface area contributed by atoms with Gasteiger partial charge in [-0.05, 0) is 49.1 Å². The summed E-state index contributed by atoms with van der Waals surface area (Å²) in [5.74, 6) is 1.86. The summed E-state index contributed by atoms with van der Waals surface area (Å²) >= 11 is 1.84. The van der Waals surface area contributed by atoms with Gasteiger partial charge in [-0.3, -0.25) is 4.99 Å². The van der Waals surface area contributed by atoms with E-state index >= 15 is 0 Å². The first-order valence-electron chi connectivity index (χ1n) is 11.8. The normalized spacial score (nSPS) is 17.3. The number of nitrogens with one attached hydrogen (secondary N) is 2. The standard InChI is InChI=1S/C25H31FN6S.H2O/c26-20-8-6-19(7-9-20)18-32-23-5-2-1-4-22(23)30-24(32)29-21-10-14-31(15-11-21)16-13-28-25-27-12-3-17-33-25;/h1-2,4-9,21H,3,10-18H2,(H,27,28)(H,29,30);1H2. The van der Waals surface area contributed by atoms with E-state index in [4.69, 9.17) is 4.98 Å². The largest absolute Gasteiger partial charge is 0.412 e. The van der Waals surface area contributed by atoms with Crippen molar-refractivity contribution in [3.05, 3.63) is 59.9 Å².